The van der Waals surface area contributed by atoms with Gasteiger partial charge in [0, 0.05) is 0 Å². The second-order valence-electron chi connectivity index (χ2n) is 3.91. The van der Waals surface area contributed by atoms with Crippen LogP contribution in [0.15, 0.2) is 6.07 Å². The maximum Gasteiger partial charge on any atom is 0.311 e. The number of carbonyl (C=O) groups is 2. The Morgan fingerprint density at radius 2 is 2.17 bits per heavy atom. The van der Waals surface area contributed by atoms with Crippen molar-refractivity contribution in [1.82, 2.24) is 10.3 Å². The number of H-pyrrole nitrogens is 1. The fourth-order valence-electron chi connectivity index (χ4n) is 1.71. The highest BCUT2D eigenvalue weighted by Crippen LogP contribution is 2.22. The molecule has 0 spiro atoms. The van der Waals surface area contributed by atoms with Crippen LogP contribution in [0.4, 0.5) is 0 Å². The van der Waals surface area contributed by atoms with Crippen molar-refractivity contribution in [2.24, 2.45) is 5.92 Å². The Morgan fingerprint density at radius 1 is 1.44 bits per heavy atom. The molecule has 1 aromatic rings. The summed E-state index contributed by atoms with van der Waals surface area (Å²) in [4.78, 5) is 25.3. The average molecular weight is 293 g/mol. The summed E-state index contributed by atoms with van der Waals surface area (Å²) in [6.07, 6.45) is 0. The highest BCUT2D eigenvalue weighted by atomic mass is 35.5. The van der Waals surface area contributed by atoms with E-state index >= 15 is 0 Å². The van der Waals surface area contributed by atoms with E-state index in [4.69, 9.17) is 33.0 Å². The van der Waals surface area contributed by atoms with E-state index in [1.54, 1.807) is 0 Å². The molecule has 0 aromatic carbocycles. The van der Waals surface area contributed by atoms with E-state index in [-0.39, 0.29) is 29.1 Å². The average Bonchev–Trinajstić information content (AvgIpc) is 2.87. The lowest BCUT2D eigenvalue weighted by Crippen LogP contribution is -2.42. The molecule has 18 heavy (non-hydrogen) atoms. The maximum absolute atomic E-state index is 11.8. The molecule has 1 aliphatic rings. The van der Waals surface area contributed by atoms with E-state index < -0.39 is 23.8 Å². The number of aromatic amines is 1. The number of aromatic nitrogens is 1. The van der Waals surface area contributed by atoms with Crippen LogP contribution in [0.25, 0.3) is 0 Å². The zero-order chi connectivity index (χ0) is 13.3. The summed E-state index contributed by atoms with van der Waals surface area (Å²) >= 11 is 11.4. The molecule has 1 fully saturated rings. The van der Waals surface area contributed by atoms with Crippen LogP contribution in [0.2, 0.25) is 10.2 Å². The quantitative estimate of drug-likeness (QED) is 0.779. The van der Waals surface area contributed by atoms with Crippen molar-refractivity contribution < 1.29 is 19.4 Å². The molecule has 1 saturated heterocycles. The van der Waals surface area contributed by atoms with E-state index in [2.05, 4.69) is 10.3 Å². The first-order valence-corrected chi connectivity index (χ1v) is 5.90. The summed E-state index contributed by atoms with van der Waals surface area (Å²) in [7, 11) is 0. The van der Waals surface area contributed by atoms with Crippen molar-refractivity contribution in [3.05, 3.63) is 21.9 Å². The largest absolute Gasteiger partial charge is 0.481 e. The molecule has 1 aromatic heterocycles. The lowest BCUT2D eigenvalue weighted by molar-refractivity contribution is -0.142. The lowest BCUT2D eigenvalue weighted by Gasteiger charge is -2.14. The van der Waals surface area contributed by atoms with Gasteiger partial charge < -0.3 is 20.1 Å². The van der Waals surface area contributed by atoms with Gasteiger partial charge in [-0.3, -0.25) is 9.59 Å². The van der Waals surface area contributed by atoms with Crippen molar-refractivity contribution in [2.45, 2.75) is 6.04 Å². The number of hydrogen-bond acceptors (Lipinski definition) is 3. The van der Waals surface area contributed by atoms with E-state index in [0.717, 1.165) is 0 Å². The molecule has 6 nitrogen and oxygen atoms in total. The number of carboxylic acid groups (broad SMARTS) is 1. The highest BCUT2D eigenvalue weighted by Gasteiger charge is 2.35. The van der Waals surface area contributed by atoms with Crippen molar-refractivity contribution in [2.75, 3.05) is 13.2 Å². The monoisotopic (exact) mass is 292 g/mol. The molecule has 8 heteroatoms. The zero-order valence-corrected chi connectivity index (χ0v) is 10.6. The number of nitrogens with one attached hydrogen (secondary N) is 2. The first-order chi connectivity index (χ1) is 8.49. The van der Waals surface area contributed by atoms with Gasteiger partial charge in [-0.2, -0.15) is 0 Å². The fourth-order valence-corrected chi connectivity index (χ4v) is 2.03. The molecule has 0 bridgehead atoms. The smallest absolute Gasteiger partial charge is 0.311 e. The maximum atomic E-state index is 11.8. The van der Waals surface area contributed by atoms with Crippen LogP contribution >= 0.6 is 23.2 Å². The first-order valence-electron chi connectivity index (χ1n) is 5.14. The Morgan fingerprint density at radius 3 is 2.72 bits per heavy atom. The molecule has 0 aliphatic carbocycles. The van der Waals surface area contributed by atoms with Gasteiger partial charge in [-0.15, -0.1) is 0 Å². The van der Waals surface area contributed by atoms with Crippen LogP contribution in [-0.2, 0) is 9.53 Å². The molecule has 1 aliphatic heterocycles. The van der Waals surface area contributed by atoms with E-state index in [1.165, 1.54) is 6.07 Å². The van der Waals surface area contributed by atoms with Crippen molar-refractivity contribution >= 4 is 35.1 Å². The van der Waals surface area contributed by atoms with Gasteiger partial charge in [0.25, 0.3) is 5.91 Å². The highest BCUT2D eigenvalue weighted by molar-refractivity contribution is 6.41. The summed E-state index contributed by atoms with van der Waals surface area (Å²) in [6.45, 7) is 0.261. The predicted molar refractivity (Wildman–Crippen MR) is 64.0 cm³/mol. The Bertz CT molecular complexity index is 469. The minimum atomic E-state index is -1.000. The number of hydrogen-bond donors (Lipinski definition) is 3. The number of amides is 1. The van der Waals surface area contributed by atoms with Crippen molar-refractivity contribution in [1.29, 1.82) is 0 Å². The Hall–Kier alpha value is -1.24. The lowest BCUT2D eigenvalue weighted by atomic mass is 10.0. The molecule has 3 N–H and O–H groups in total. The minimum absolute atomic E-state index is 0.0898. The third-order valence-corrected chi connectivity index (χ3v) is 3.38. The molecule has 2 atom stereocenters. The van der Waals surface area contributed by atoms with Gasteiger partial charge in [0.05, 0.1) is 24.3 Å². The van der Waals surface area contributed by atoms with E-state index in [0.29, 0.717) is 0 Å². The summed E-state index contributed by atoms with van der Waals surface area (Å²) < 4.78 is 5.04. The molecule has 98 valence electrons. The SMILES string of the molecule is O=C(NC1COCC1C(=O)O)c1cc(Cl)c(Cl)[nH]1. The van der Waals surface area contributed by atoms with Gasteiger partial charge in [0.1, 0.15) is 16.8 Å². The Kier molecular flexibility index (Phi) is 3.79. The molecular weight excluding hydrogens is 283 g/mol. The standard InChI is InChI=1S/C10H10Cl2N2O4/c11-5-1-6(13-8(5)12)9(15)14-7-3-18-2-4(7)10(16)17/h1,4,7,13H,2-3H2,(H,14,15)(H,16,17). The molecule has 2 rings (SSSR count). The minimum Gasteiger partial charge on any atom is -0.481 e. The third kappa shape index (κ3) is 2.60. The van der Waals surface area contributed by atoms with Crippen LogP contribution in [0.1, 0.15) is 10.5 Å². The van der Waals surface area contributed by atoms with Crippen LogP contribution in [0.5, 0.6) is 0 Å². The number of carboxylic acids is 1. The molecule has 2 unspecified atom stereocenters. The molecule has 2 heterocycles. The summed E-state index contributed by atoms with van der Waals surface area (Å²) in [5.41, 5.74) is 0.182. The fraction of sp³-hybridized carbons (Fsp3) is 0.400. The summed E-state index contributed by atoms with van der Waals surface area (Å²) in [6, 6.07) is 0.820. The summed E-state index contributed by atoms with van der Waals surface area (Å²) in [5.74, 6) is -2.21. The Labute approximate surface area is 112 Å². The van der Waals surface area contributed by atoms with Gasteiger partial charge in [-0.1, -0.05) is 23.2 Å². The third-order valence-electron chi connectivity index (χ3n) is 2.68. The van der Waals surface area contributed by atoms with Gasteiger partial charge in [-0.05, 0) is 6.07 Å². The van der Waals surface area contributed by atoms with Gasteiger partial charge in [-0.25, -0.2) is 0 Å². The summed E-state index contributed by atoms with van der Waals surface area (Å²) in [5, 5.41) is 11.9. The number of ether oxygens (including phenoxy) is 1. The van der Waals surface area contributed by atoms with Crippen LogP contribution in [-0.4, -0.2) is 41.2 Å². The zero-order valence-electron chi connectivity index (χ0n) is 9.07. The number of rotatable bonds is 3. The van der Waals surface area contributed by atoms with Gasteiger partial charge in [0.2, 0.25) is 0 Å². The second kappa shape index (κ2) is 5.17. The number of aliphatic carboxylic acids is 1. The van der Waals surface area contributed by atoms with Crippen LogP contribution < -0.4 is 5.32 Å². The van der Waals surface area contributed by atoms with Gasteiger partial charge >= 0.3 is 5.97 Å². The molecule has 0 saturated carbocycles. The molecular formula is C10H10Cl2N2O4. The topological polar surface area (TPSA) is 91.4 Å². The van der Waals surface area contributed by atoms with Crippen molar-refractivity contribution in [3.8, 4) is 0 Å². The molecule has 1 amide bonds. The van der Waals surface area contributed by atoms with Gasteiger partial charge in [0.15, 0.2) is 0 Å². The number of halogens is 2. The van der Waals surface area contributed by atoms with Crippen LogP contribution in [0.3, 0.4) is 0 Å². The Balaban J connectivity index is 2.05. The first kappa shape index (κ1) is 13.2. The van der Waals surface area contributed by atoms with Crippen LogP contribution in [0, 0.1) is 5.92 Å². The molecule has 0 radical (unpaired) electrons. The van der Waals surface area contributed by atoms with Crippen molar-refractivity contribution in [3.63, 3.8) is 0 Å². The van der Waals surface area contributed by atoms with E-state index in [9.17, 15) is 9.59 Å². The second-order valence-corrected chi connectivity index (χ2v) is 4.69. The predicted octanol–water partition coefficient (Wildman–Crippen LogP) is 1.15. The number of carbonyl (C=O) groups excluding carboxylic acids is 1. The normalized spacial score (nSPS) is 23.0. The van der Waals surface area contributed by atoms with E-state index in [1.807, 2.05) is 0 Å².